The molecule has 2 aromatic rings. The molecule has 26 heavy (non-hydrogen) atoms. The van der Waals surface area contributed by atoms with Crippen molar-refractivity contribution in [1.29, 1.82) is 0 Å². The lowest BCUT2D eigenvalue weighted by Gasteiger charge is -2.23. The van der Waals surface area contributed by atoms with Gasteiger partial charge in [0.15, 0.2) is 0 Å². The number of sulfonamides is 1. The molecule has 0 unspecified atom stereocenters. The van der Waals surface area contributed by atoms with Gasteiger partial charge in [-0.25, -0.2) is 12.8 Å². The minimum absolute atomic E-state index is 0.0377. The molecule has 0 saturated carbocycles. The van der Waals surface area contributed by atoms with Crippen LogP contribution >= 0.6 is 11.6 Å². The minimum Gasteiger partial charge on any atom is -0.494 e. The van der Waals surface area contributed by atoms with Crippen molar-refractivity contribution >= 4 is 33.3 Å². The second-order valence-corrected chi connectivity index (χ2v) is 7.36. The molecule has 0 amide bonds. The van der Waals surface area contributed by atoms with Crippen LogP contribution in [0.4, 0.5) is 10.1 Å². The van der Waals surface area contributed by atoms with Gasteiger partial charge in [0.05, 0.1) is 29.3 Å². The summed E-state index contributed by atoms with van der Waals surface area (Å²) in [7, 11) is -2.98. The number of hydrogen-bond donors (Lipinski definition) is 0. The molecule has 0 atom stereocenters. The average Bonchev–Trinajstić information content (AvgIpc) is 2.62. The largest absolute Gasteiger partial charge is 0.494 e. The highest BCUT2D eigenvalue weighted by molar-refractivity contribution is 7.92. The molecule has 0 N–H and O–H groups in total. The van der Waals surface area contributed by atoms with E-state index in [-0.39, 0.29) is 15.6 Å². The maximum Gasteiger partial charge on any atom is 0.326 e. The smallest absolute Gasteiger partial charge is 0.326 e. The van der Waals surface area contributed by atoms with Gasteiger partial charge in [0.2, 0.25) is 0 Å². The lowest BCUT2D eigenvalue weighted by Crippen LogP contribution is -2.36. The molecule has 0 fully saturated rings. The molecule has 0 aliphatic carbocycles. The van der Waals surface area contributed by atoms with Gasteiger partial charge in [0.25, 0.3) is 10.0 Å². The molecule has 0 radical (unpaired) electrons. The Balaban J connectivity index is 2.48. The van der Waals surface area contributed by atoms with Crippen molar-refractivity contribution in [3.05, 3.63) is 53.3 Å². The van der Waals surface area contributed by atoms with Crippen LogP contribution in [0.15, 0.2) is 47.4 Å². The zero-order valence-corrected chi connectivity index (χ0v) is 15.7. The molecule has 0 saturated heterocycles. The van der Waals surface area contributed by atoms with E-state index in [2.05, 4.69) is 4.74 Å². The van der Waals surface area contributed by atoms with E-state index in [1.807, 2.05) is 0 Å². The Bertz CT molecular complexity index is 887. The Morgan fingerprint density at radius 1 is 1.19 bits per heavy atom. The number of carbonyl (C=O) groups is 1. The predicted molar refractivity (Wildman–Crippen MR) is 95.6 cm³/mol. The molecule has 0 aliphatic heterocycles. The van der Waals surface area contributed by atoms with Crippen molar-refractivity contribution < 1.29 is 27.1 Å². The van der Waals surface area contributed by atoms with Crippen LogP contribution in [0.5, 0.6) is 5.75 Å². The lowest BCUT2D eigenvalue weighted by atomic mass is 10.3. The quantitative estimate of drug-likeness (QED) is 0.666. The molecule has 9 heteroatoms. The first kappa shape index (κ1) is 20.0. The average molecular weight is 402 g/mol. The summed E-state index contributed by atoms with van der Waals surface area (Å²) in [5.41, 5.74) is 0.0377. The normalized spacial score (nSPS) is 11.1. The lowest BCUT2D eigenvalue weighted by molar-refractivity contribution is -0.138. The van der Waals surface area contributed by atoms with Crippen molar-refractivity contribution in [3.8, 4) is 5.75 Å². The summed E-state index contributed by atoms with van der Waals surface area (Å²) in [4.78, 5) is 11.6. The number of nitrogens with zero attached hydrogens (tertiary/aromatic N) is 1. The van der Waals surface area contributed by atoms with Crippen molar-refractivity contribution in [1.82, 2.24) is 0 Å². The fraction of sp³-hybridized carbons (Fsp3) is 0.235. The third kappa shape index (κ3) is 4.44. The molecular formula is C17H17ClFNO5S. The van der Waals surface area contributed by atoms with Crippen molar-refractivity contribution in [2.24, 2.45) is 0 Å². The van der Waals surface area contributed by atoms with Crippen LogP contribution in [-0.2, 0) is 19.6 Å². The van der Waals surface area contributed by atoms with Gasteiger partial charge in [-0.05, 0) is 49.4 Å². The molecule has 0 spiro atoms. The van der Waals surface area contributed by atoms with Gasteiger partial charge in [-0.15, -0.1) is 0 Å². The second-order valence-electron chi connectivity index (χ2n) is 5.09. The zero-order chi connectivity index (χ0) is 19.3. The number of ether oxygens (including phenoxy) is 2. The third-order valence-corrected chi connectivity index (χ3v) is 5.49. The van der Waals surface area contributed by atoms with E-state index in [0.29, 0.717) is 12.4 Å². The summed E-state index contributed by atoms with van der Waals surface area (Å²) >= 11 is 5.75. The van der Waals surface area contributed by atoms with Crippen LogP contribution in [0.25, 0.3) is 0 Å². The maximum absolute atomic E-state index is 13.4. The van der Waals surface area contributed by atoms with Crippen LogP contribution in [0.3, 0.4) is 0 Å². The van der Waals surface area contributed by atoms with E-state index in [1.165, 1.54) is 30.3 Å². The molecule has 6 nitrogen and oxygen atoms in total. The van der Waals surface area contributed by atoms with Crippen LogP contribution in [-0.4, -0.2) is 34.6 Å². The summed E-state index contributed by atoms with van der Waals surface area (Å²) in [6.45, 7) is 1.66. The zero-order valence-electron chi connectivity index (χ0n) is 14.1. The Kier molecular flexibility index (Phi) is 6.44. The molecule has 0 bridgehead atoms. The molecule has 0 aromatic heterocycles. The van der Waals surface area contributed by atoms with Crippen LogP contribution < -0.4 is 9.04 Å². The van der Waals surface area contributed by atoms with E-state index in [4.69, 9.17) is 16.3 Å². The molecule has 0 heterocycles. The highest BCUT2D eigenvalue weighted by atomic mass is 35.5. The number of benzene rings is 2. The number of esters is 1. The standard InChI is InChI=1S/C17H17ClFNO5S/c1-3-25-13-5-7-14(8-6-13)26(22,23)20(11-17(21)24-2)12-4-9-16(19)15(18)10-12/h4-10H,3,11H2,1-2H3. The van der Waals surface area contributed by atoms with E-state index in [0.717, 1.165) is 23.5 Å². The van der Waals surface area contributed by atoms with Crippen molar-refractivity contribution in [3.63, 3.8) is 0 Å². The number of halogens is 2. The summed E-state index contributed by atoms with van der Waals surface area (Å²) in [6.07, 6.45) is 0. The molecule has 2 rings (SSSR count). The Morgan fingerprint density at radius 2 is 1.85 bits per heavy atom. The minimum atomic E-state index is -4.12. The first-order chi connectivity index (χ1) is 12.3. The SMILES string of the molecule is CCOc1ccc(S(=O)(=O)N(CC(=O)OC)c2ccc(F)c(Cl)c2)cc1. The number of anilines is 1. The van der Waals surface area contributed by atoms with Crippen LogP contribution in [0.1, 0.15) is 6.92 Å². The van der Waals surface area contributed by atoms with E-state index in [9.17, 15) is 17.6 Å². The molecular weight excluding hydrogens is 385 g/mol. The monoisotopic (exact) mass is 401 g/mol. The topological polar surface area (TPSA) is 72.9 Å². The summed E-state index contributed by atoms with van der Waals surface area (Å²) < 4.78 is 50.1. The Morgan fingerprint density at radius 3 is 2.38 bits per heavy atom. The Labute approximate surface area is 156 Å². The van der Waals surface area contributed by atoms with Gasteiger partial charge < -0.3 is 9.47 Å². The van der Waals surface area contributed by atoms with Crippen molar-refractivity contribution in [2.45, 2.75) is 11.8 Å². The molecule has 2 aromatic carbocycles. The number of hydrogen-bond acceptors (Lipinski definition) is 5. The van der Waals surface area contributed by atoms with Crippen LogP contribution in [0, 0.1) is 5.82 Å². The second kappa shape index (κ2) is 8.37. The highest BCUT2D eigenvalue weighted by Crippen LogP contribution is 2.28. The maximum atomic E-state index is 13.4. The highest BCUT2D eigenvalue weighted by Gasteiger charge is 2.28. The fourth-order valence-electron chi connectivity index (χ4n) is 2.14. The van der Waals surface area contributed by atoms with E-state index < -0.39 is 28.4 Å². The van der Waals surface area contributed by atoms with E-state index in [1.54, 1.807) is 6.92 Å². The van der Waals surface area contributed by atoms with Gasteiger partial charge in [-0.1, -0.05) is 11.6 Å². The predicted octanol–water partition coefficient (Wildman–Crippen LogP) is 3.25. The summed E-state index contributed by atoms with van der Waals surface area (Å²) in [6, 6.07) is 9.10. The fourth-order valence-corrected chi connectivity index (χ4v) is 3.71. The molecule has 0 aliphatic rings. The number of rotatable bonds is 7. The molecule has 140 valence electrons. The first-order valence-electron chi connectivity index (χ1n) is 7.57. The van der Waals surface area contributed by atoms with E-state index >= 15 is 0 Å². The number of carbonyl (C=O) groups excluding carboxylic acids is 1. The van der Waals surface area contributed by atoms with Crippen LogP contribution in [0.2, 0.25) is 5.02 Å². The van der Waals surface area contributed by atoms with Gasteiger partial charge in [-0.2, -0.15) is 0 Å². The Hall–Kier alpha value is -2.32. The summed E-state index contributed by atoms with van der Waals surface area (Å²) in [5, 5.41) is -0.265. The number of methoxy groups -OCH3 is 1. The summed E-state index contributed by atoms with van der Waals surface area (Å²) in [5.74, 6) is -0.970. The van der Waals surface area contributed by atoms with Gasteiger partial charge in [-0.3, -0.25) is 9.10 Å². The van der Waals surface area contributed by atoms with Gasteiger partial charge in [0.1, 0.15) is 18.1 Å². The van der Waals surface area contributed by atoms with Crippen molar-refractivity contribution in [2.75, 3.05) is 24.6 Å². The first-order valence-corrected chi connectivity index (χ1v) is 9.39. The third-order valence-electron chi connectivity index (χ3n) is 3.41. The van der Waals surface area contributed by atoms with Gasteiger partial charge in [0, 0.05) is 0 Å². The van der Waals surface area contributed by atoms with Gasteiger partial charge >= 0.3 is 5.97 Å².